The number of anilines is 2. The molecule has 4 rings (SSSR count). The molecule has 2 amide bonds. The highest BCUT2D eigenvalue weighted by Gasteiger charge is 2.49. The number of nitrogens with zero attached hydrogens (tertiary/aromatic N) is 5. The summed E-state index contributed by atoms with van der Waals surface area (Å²) in [7, 11) is 3.49. The molecular weight excluding hydrogens is 387 g/mol. The average Bonchev–Trinajstić information content (AvgIpc) is 3.29. The Morgan fingerprint density at radius 1 is 1.27 bits per heavy atom. The van der Waals surface area contributed by atoms with Crippen molar-refractivity contribution < 1.29 is 14.3 Å². The quantitative estimate of drug-likeness (QED) is 0.776. The van der Waals surface area contributed by atoms with E-state index in [4.69, 9.17) is 5.11 Å². The van der Waals surface area contributed by atoms with Gasteiger partial charge in [-0.05, 0) is 17.7 Å². The van der Waals surface area contributed by atoms with E-state index >= 15 is 0 Å². The molecule has 0 saturated carbocycles. The SMILES string of the molecule is CN(C)C(=O)N1C[C@H]2CN(c3cc(NCCO)ncn3)C[C@H]2[C@@H]1c1cccc(F)c1. The smallest absolute Gasteiger partial charge is 0.320 e. The first-order valence-corrected chi connectivity index (χ1v) is 10.1. The number of urea groups is 1. The topological polar surface area (TPSA) is 84.8 Å². The van der Waals surface area contributed by atoms with Gasteiger partial charge in [-0.15, -0.1) is 0 Å². The van der Waals surface area contributed by atoms with Gasteiger partial charge in [-0.1, -0.05) is 12.1 Å². The highest BCUT2D eigenvalue weighted by atomic mass is 19.1. The lowest BCUT2D eigenvalue weighted by atomic mass is 9.89. The summed E-state index contributed by atoms with van der Waals surface area (Å²) in [5, 5.41) is 12.1. The summed E-state index contributed by atoms with van der Waals surface area (Å²) in [6, 6.07) is 8.20. The third-order valence-electron chi connectivity index (χ3n) is 5.88. The van der Waals surface area contributed by atoms with Gasteiger partial charge in [0.05, 0.1) is 12.6 Å². The Kier molecular flexibility index (Phi) is 5.72. The van der Waals surface area contributed by atoms with Crippen molar-refractivity contribution in [3.05, 3.63) is 48.0 Å². The Bertz CT molecular complexity index is 911. The molecule has 2 aliphatic heterocycles. The van der Waals surface area contributed by atoms with E-state index in [-0.39, 0.29) is 36.3 Å². The van der Waals surface area contributed by atoms with Crippen LogP contribution >= 0.6 is 0 Å². The molecule has 1 aromatic carbocycles. The second kappa shape index (κ2) is 8.43. The lowest BCUT2D eigenvalue weighted by molar-refractivity contribution is 0.159. The number of aliphatic hydroxyl groups excluding tert-OH is 1. The van der Waals surface area contributed by atoms with Crippen molar-refractivity contribution in [1.82, 2.24) is 19.8 Å². The van der Waals surface area contributed by atoms with E-state index < -0.39 is 0 Å². The van der Waals surface area contributed by atoms with E-state index in [1.54, 1.807) is 25.1 Å². The molecule has 0 radical (unpaired) electrons. The number of amides is 2. The first-order chi connectivity index (χ1) is 14.5. The van der Waals surface area contributed by atoms with Gasteiger partial charge in [-0.3, -0.25) is 0 Å². The average molecular weight is 414 g/mol. The third-order valence-corrected chi connectivity index (χ3v) is 5.88. The maximum absolute atomic E-state index is 14.0. The highest BCUT2D eigenvalue weighted by molar-refractivity contribution is 5.75. The Hall–Kier alpha value is -2.94. The Morgan fingerprint density at radius 3 is 2.83 bits per heavy atom. The number of hydrogen-bond acceptors (Lipinski definition) is 6. The summed E-state index contributed by atoms with van der Waals surface area (Å²) in [5.74, 6) is 1.63. The molecule has 3 heterocycles. The van der Waals surface area contributed by atoms with Gasteiger partial charge in [-0.25, -0.2) is 19.2 Å². The predicted octanol–water partition coefficient (Wildman–Crippen LogP) is 1.81. The molecule has 160 valence electrons. The number of rotatable bonds is 5. The number of nitrogens with one attached hydrogen (secondary N) is 1. The molecule has 9 heteroatoms. The minimum absolute atomic E-state index is 0.0260. The molecule has 2 aliphatic rings. The fourth-order valence-electron chi connectivity index (χ4n) is 4.60. The second-order valence-corrected chi connectivity index (χ2v) is 8.07. The maximum atomic E-state index is 14.0. The molecule has 8 nitrogen and oxygen atoms in total. The maximum Gasteiger partial charge on any atom is 0.320 e. The largest absolute Gasteiger partial charge is 0.395 e. The van der Waals surface area contributed by atoms with Gasteiger partial charge in [-0.2, -0.15) is 0 Å². The fraction of sp³-hybridized carbons (Fsp3) is 0.476. The minimum Gasteiger partial charge on any atom is -0.395 e. The van der Waals surface area contributed by atoms with Crippen LogP contribution in [0.1, 0.15) is 11.6 Å². The van der Waals surface area contributed by atoms with Gasteiger partial charge in [0, 0.05) is 58.2 Å². The number of aliphatic hydroxyl groups is 1. The summed E-state index contributed by atoms with van der Waals surface area (Å²) in [5.41, 5.74) is 0.826. The van der Waals surface area contributed by atoms with E-state index in [0.717, 1.165) is 24.5 Å². The molecule has 2 aromatic rings. The molecule has 1 aromatic heterocycles. The molecular formula is C21H27FN6O2. The Labute approximate surface area is 175 Å². The zero-order chi connectivity index (χ0) is 21.3. The van der Waals surface area contributed by atoms with E-state index in [1.165, 1.54) is 18.5 Å². The van der Waals surface area contributed by atoms with Gasteiger partial charge in [0.15, 0.2) is 0 Å². The monoisotopic (exact) mass is 414 g/mol. The molecule has 2 fully saturated rings. The number of likely N-dealkylation sites (tertiary alicyclic amines) is 1. The van der Waals surface area contributed by atoms with Crippen LogP contribution in [0.5, 0.6) is 0 Å². The number of aromatic nitrogens is 2. The predicted molar refractivity (Wildman–Crippen MR) is 112 cm³/mol. The molecule has 2 saturated heterocycles. The van der Waals surface area contributed by atoms with Crippen LogP contribution in [0.4, 0.5) is 20.8 Å². The van der Waals surface area contributed by atoms with Crippen molar-refractivity contribution >= 4 is 17.7 Å². The van der Waals surface area contributed by atoms with Crippen LogP contribution in [0, 0.1) is 17.7 Å². The number of carbonyl (C=O) groups is 1. The van der Waals surface area contributed by atoms with Gasteiger partial charge < -0.3 is 25.1 Å². The van der Waals surface area contributed by atoms with Crippen molar-refractivity contribution in [3.63, 3.8) is 0 Å². The standard InChI is InChI=1S/C21H27FN6O2/c1-26(2)21(30)28-11-15-10-27(19-9-18(23-6-7-29)24-13-25-19)12-17(15)20(28)14-4-3-5-16(22)8-14/h3-5,8-9,13,15,17,20,29H,6-7,10-12H2,1-2H3,(H,23,24,25)/t15-,17-,20+/m1/s1. The first-order valence-electron chi connectivity index (χ1n) is 10.1. The van der Waals surface area contributed by atoms with Gasteiger partial charge in [0.2, 0.25) is 0 Å². The van der Waals surface area contributed by atoms with E-state index in [0.29, 0.717) is 18.9 Å². The lowest BCUT2D eigenvalue weighted by Crippen LogP contribution is -2.41. The zero-order valence-electron chi connectivity index (χ0n) is 17.2. The van der Waals surface area contributed by atoms with Crippen LogP contribution in [0.15, 0.2) is 36.7 Å². The van der Waals surface area contributed by atoms with Crippen molar-refractivity contribution in [3.8, 4) is 0 Å². The van der Waals surface area contributed by atoms with Crippen molar-refractivity contribution in [2.45, 2.75) is 6.04 Å². The van der Waals surface area contributed by atoms with Gasteiger partial charge >= 0.3 is 6.03 Å². The second-order valence-electron chi connectivity index (χ2n) is 8.07. The van der Waals surface area contributed by atoms with Crippen molar-refractivity contribution in [1.29, 1.82) is 0 Å². The van der Waals surface area contributed by atoms with Crippen LogP contribution in [0.25, 0.3) is 0 Å². The molecule has 0 spiro atoms. The number of hydrogen-bond donors (Lipinski definition) is 2. The van der Waals surface area contributed by atoms with Crippen LogP contribution < -0.4 is 10.2 Å². The summed E-state index contributed by atoms with van der Waals surface area (Å²) >= 11 is 0. The summed E-state index contributed by atoms with van der Waals surface area (Å²) < 4.78 is 14.0. The fourth-order valence-corrected chi connectivity index (χ4v) is 4.60. The number of carbonyl (C=O) groups excluding carboxylic acids is 1. The summed E-state index contributed by atoms with van der Waals surface area (Å²) in [6.07, 6.45) is 1.51. The van der Waals surface area contributed by atoms with E-state index in [2.05, 4.69) is 20.2 Å². The summed E-state index contributed by atoms with van der Waals surface area (Å²) in [6.45, 7) is 2.56. The minimum atomic E-state index is -0.293. The van der Waals surface area contributed by atoms with Crippen LogP contribution in [-0.4, -0.2) is 77.8 Å². The van der Waals surface area contributed by atoms with Gasteiger partial charge in [0.25, 0.3) is 0 Å². The normalized spacial score (nSPS) is 22.9. The summed E-state index contributed by atoms with van der Waals surface area (Å²) in [4.78, 5) is 27.1. The van der Waals surface area contributed by atoms with Gasteiger partial charge in [0.1, 0.15) is 23.8 Å². The van der Waals surface area contributed by atoms with E-state index in [1.807, 2.05) is 17.0 Å². The van der Waals surface area contributed by atoms with Crippen LogP contribution in [-0.2, 0) is 0 Å². The van der Waals surface area contributed by atoms with Crippen LogP contribution in [0.3, 0.4) is 0 Å². The zero-order valence-corrected chi connectivity index (χ0v) is 17.2. The van der Waals surface area contributed by atoms with E-state index in [9.17, 15) is 9.18 Å². The molecule has 0 aliphatic carbocycles. The molecule has 30 heavy (non-hydrogen) atoms. The molecule has 0 unspecified atom stereocenters. The number of fused-ring (bicyclic) bond motifs is 1. The third kappa shape index (κ3) is 3.89. The Morgan fingerprint density at radius 2 is 2.10 bits per heavy atom. The van der Waals surface area contributed by atoms with Crippen molar-refractivity contribution in [2.75, 3.05) is 57.1 Å². The number of halogens is 1. The molecule has 2 N–H and O–H groups in total. The first kappa shape index (κ1) is 20.3. The Balaban J connectivity index is 1.59. The molecule has 3 atom stereocenters. The highest BCUT2D eigenvalue weighted by Crippen LogP contribution is 2.46. The van der Waals surface area contributed by atoms with Crippen LogP contribution in [0.2, 0.25) is 0 Å². The molecule has 0 bridgehead atoms. The van der Waals surface area contributed by atoms with Crippen molar-refractivity contribution in [2.24, 2.45) is 11.8 Å². The number of benzene rings is 1. The lowest BCUT2D eigenvalue weighted by Gasteiger charge is -2.32.